The minimum atomic E-state index is 0.161. The van der Waals surface area contributed by atoms with Crippen molar-refractivity contribution in [2.45, 2.75) is 0 Å². The van der Waals surface area contributed by atoms with Crippen molar-refractivity contribution in [3.05, 3.63) is 0 Å². The van der Waals surface area contributed by atoms with Crippen LogP contribution in [0.2, 0.25) is 0 Å². The van der Waals surface area contributed by atoms with E-state index in [4.69, 9.17) is 30.2 Å². The van der Waals surface area contributed by atoms with Crippen LogP contribution in [0.15, 0.2) is 4.99 Å². The number of thiocarbonyl (C=S) groups is 2. The molecule has 68 valence electrons. The zero-order chi connectivity index (χ0) is 9.56. The monoisotopic (exact) mass is 205 g/mol. The zero-order valence-electron chi connectivity index (χ0n) is 6.84. The molecule has 0 aliphatic carbocycles. The van der Waals surface area contributed by atoms with Crippen LogP contribution in [0, 0.1) is 0 Å². The van der Waals surface area contributed by atoms with E-state index in [1.165, 1.54) is 0 Å². The summed E-state index contributed by atoms with van der Waals surface area (Å²) in [5, 5.41) is 8.65. The molecule has 0 aromatic rings. The number of nitrogens with two attached hydrogens (primary N) is 1. The van der Waals surface area contributed by atoms with Gasteiger partial charge in [-0.15, -0.1) is 0 Å². The second-order valence-electron chi connectivity index (χ2n) is 1.76. The van der Waals surface area contributed by atoms with E-state index in [-0.39, 0.29) is 5.96 Å². The number of aliphatic imine (C=N–C) groups is 1. The van der Waals surface area contributed by atoms with Gasteiger partial charge in [0, 0.05) is 14.1 Å². The summed E-state index contributed by atoms with van der Waals surface area (Å²) in [4.78, 5) is 3.76. The molecule has 0 saturated heterocycles. The van der Waals surface area contributed by atoms with Crippen LogP contribution in [0.3, 0.4) is 0 Å². The van der Waals surface area contributed by atoms with Gasteiger partial charge in [0.25, 0.3) is 0 Å². The van der Waals surface area contributed by atoms with Crippen molar-refractivity contribution in [3.63, 3.8) is 0 Å². The van der Waals surface area contributed by atoms with Crippen LogP contribution in [0.4, 0.5) is 0 Å². The summed E-state index contributed by atoms with van der Waals surface area (Å²) in [6, 6.07) is 0. The lowest BCUT2D eigenvalue weighted by Crippen LogP contribution is -2.42. The minimum absolute atomic E-state index is 0.161. The quantitative estimate of drug-likeness (QED) is 0.228. The molecular weight excluding hydrogens is 194 g/mol. The van der Waals surface area contributed by atoms with Gasteiger partial charge in [-0.3, -0.25) is 0 Å². The molecule has 12 heavy (non-hydrogen) atoms. The van der Waals surface area contributed by atoms with Crippen LogP contribution in [0.25, 0.3) is 0 Å². The molecule has 0 radical (unpaired) electrons. The first-order chi connectivity index (χ1) is 5.60. The second kappa shape index (κ2) is 5.67. The molecule has 0 saturated carbocycles. The second-order valence-corrected chi connectivity index (χ2v) is 2.55. The highest BCUT2D eigenvalue weighted by Gasteiger charge is 1.95. The summed E-state index contributed by atoms with van der Waals surface area (Å²) in [6.07, 6.45) is 0. The first-order valence-corrected chi connectivity index (χ1v) is 3.96. The third-order valence-corrected chi connectivity index (χ3v) is 1.51. The SMILES string of the molecule is CNC(=S)/N=C(\N)NC(=S)NC. The highest BCUT2D eigenvalue weighted by atomic mass is 32.1. The van der Waals surface area contributed by atoms with E-state index in [1.54, 1.807) is 14.1 Å². The normalized spacial score (nSPS) is 10.3. The Balaban J connectivity index is 4.02. The highest BCUT2D eigenvalue weighted by Crippen LogP contribution is 1.72. The van der Waals surface area contributed by atoms with Crippen molar-refractivity contribution in [1.82, 2.24) is 16.0 Å². The van der Waals surface area contributed by atoms with Gasteiger partial charge in [-0.05, 0) is 24.4 Å². The number of guanidine groups is 1. The van der Waals surface area contributed by atoms with Gasteiger partial charge in [-0.2, -0.15) is 4.99 Å². The summed E-state index contributed by atoms with van der Waals surface area (Å²) < 4.78 is 0. The van der Waals surface area contributed by atoms with Crippen LogP contribution in [-0.4, -0.2) is 30.3 Å². The topological polar surface area (TPSA) is 74.5 Å². The average Bonchev–Trinajstić information content (AvgIpc) is 2.03. The molecule has 0 bridgehead atoms. The van der Waals surface area contributed by atoms with Crippen molar-refractivity contribution < 1.29 is 0 Å². The maximum absolute atomic E-state index is 5.41. The summed E-state index contributed by atoms with van der Waals surface area (Å²) in [6.45, 7) is 0. The van der Waals surface area contributed by atoms with Crippen molar-refractivity contribution in [3.8, 4) is 0 Å². The van der Waals surface area contributed by atoms with Crippen molar-refractivity contribution in [2.75, 3.05) is 14.1 Å². The Kier molecular flexibility index (Phi) is 5.22. The minimum Gasteiger partial charge on any atom is -0.369 e. The standard InChI is InChI=1S/C5H11N5S2/c1-7-4(11)9-3(6)10-5(12)8-2/h1-2H3,(H5,6,7,8,9,10,11,12). The average molecular weight is 205 g/mol. The van der Waals surface area contributed by atoms with Gasteiger partial charge in [0.2, 0.25) is 5.96 Å². The molecule has 0 aliphatic heterocycles. The van der Waals surface area contributed by atoms with Gasteiger partial charge in [0.15, 0.2) is 10.2 Å². The van der Waals surface area contributed by atoms with E-state index in [0.717, 1.165) is 0 Å². The number of nitrogens with one attached hydrogen (secondary N) is 3. The molecule has 0 aliphatic rings. The summed E-state index contributed by atoms with van der Waals surface area (Å²) in [5.74, 6) is 0.161. The molecule has 0 aromatic heterocycles. The smallest absolute Gasteiger partial charge is 0.202 e. The summed E-state index contributed by atoms with van der Waals surface area (Å²) in [7, 11) is 3.34. The van der Waals surface area contributed by atoms with Crippen LogP contribution >= 0.6 is 24.4 Å². The molecule has 5 nitrogen and oxygen atoms in total. The predicted octanol–water partition coefficient (Wildman–Crippen LogP) is -1.10. The molecule has 0 unspecified atom stereocenters. The van der Waals surface area contributed by atoms with E-state index >= 15 is 0 Å². The van der Waals surface area contributed by atoms with Crippen LogP contribution in [-0.2, 0) is 0 Å². The first-order valence-electron chi connectivity index (χ1n) is 3.14. The fraction of sp³-hybridized carbons (Fsp3) is 0.400. The molecule has 0 fully saturated rings. The lowest BCUT2D eigenvalue weighted by Gasteiger charge is -2.05. The van der Waals surface area contributed by atoms with E-state index in [1.807, 2.05) is 0 Å². The van der Waals surface area contributed by atoms with E-state index in [0.29, 0.717) is 10.2 Å². The molecular formula is C5H11N5S2. The van der Waals surface area contributed by atoms with Gasteiger partial charge in [-0.1, -0.05) is 0 Å². The molecule has 0 amide bonds. The van der Waals surface area contributed by atoms with Gasteiger partial charge in [-0.25, -0.2) is 0 Å². The fourth-order valence-corrected chi connectivity index (χ4v) is 0.575. The molecule has 0 aromatic carbocycles. The molecule has 5 N–H and O–H groups in total. The Hall–Kier alpha value is -0.950. The largest absolute Gasteiger partial charge is 0.369 e. The Labute approximate surface area is 81.8 Å². The van der Waals surface area contributed by atoms with E-state index in [9.17, 15) is 0 Å². The third-order valence-electron chi connectivity index (χ3n) is 0.905. The maximum Gasteiger partial charge on any atom is 0.202 e. The van der Waals surface area contributed by atoms with Crippen molar-refractivity contribution in [1.29, 1.82) is 0 Å². The molecule has 0 atom stereocenters. The molecule has 0 rings (SSSR count). The lowest BCUT2D eigenvalue weighted by atomic mass is 10.8. The molecule has 0 heterocycles. The Morgan fingerprint density at radius 2 is 1.83 bits per heavy atom. The van der Waals surface area contributed by atoms with E-state index < -0.39 is 0 Å². The number of nitrogens with zero attached hydrogens (tertiary/aromatic N) is 1. The summed E-state index contributed by atoms with van der Waals surface area (Å²) in [5.41, 5.74) is 5.41. The number of hydrogen-bond acceptors (Lipinski definition) is 2. The van der Waals surface area contributed by atoms with Gasteiger partial charge in [0.05, 0.1) is 0 Å². The van der Waals surface area contributed by atoms with Crippen molar-refractivity contribution in [2.24, 2.45) is 10.7 Å². The van der Waals surface area contributed by atoms with Crippen LogP contribution < -0.4 is 21.7 Å². The van der Waals surface area contributed by atoms with E-state index in [2.05, 4.69) is 20.9 Å². The molecule has 0 spiro atoms. The van der Waals surface area contributed by atoms with Gasteiger partial charge >= 0.3 is 0 Å². The molecule has 7 heteroatoms. The van der Waals surface area contributed by atoms with Crippen LogP contribution in [0.1, 0.15) is 0 Å². The first kappa shape index (κ1) is 11.1. The number of hydrogen-bond donors (Lipinski definition) is 4. The predicted molar refractivity (Wildman–Crippen MR) is 58.1 cm³/mol. The maximum atomic E-state index is 5.41. The zero-order valence-corrected chi connectivity index (χ0v) is 8.47. The Bertz CT molecular complexity index is 212. The lowest BCUT2D eigenvalue weighted by molar-refractivity contribution is 1.11. The van der Waals surface area contributed by atoms with Crippen molar-refractivity contribution >= 4 is 40.6 Å². The Morgan fingerprint density at radius 3 is 2.25 bits per heavy atom. The van der Waals surface area contributed by atoms with Crippen LogP contribution in [0.5, 0.6) is 0 Å². The van der Waals surface area contributed by atoms with Gasteiger partial charge < -0.3 is 21.7 Å². The third kappa shape index (κ3) is 4.80. The van der Waals surface area contributed by atoms with Gasteiger partial charge in [0.1, 0.15) is 0 Å². The number of rotatable bonds is 0. The highest BCUT2D eigenvalue weighted by molar-refractivity contribution is 7.80. The fourth-order valence-electron chi connectivity index (χ4n) is 0.372. The Morgan fingerprint density at radius 1 is 1.25 bits per heavy atom. The summed E-state index contributed by atoms with van der Waals surface area (Å²) >= 11 is 9.51.